The van der Waals surface area contributed by atoms with Gasteiger partial charge in [-0.1, -0.05) is 23.7 Å². The molecule has 1 aromatic heterocycles. The molecular formula is C16H19ClN4O. The summed E-state index contributed by atoms with van der Waals surface area (Å²) in [5, 5.41) is 4.16. The number of rotatable bonds is 5. The Morgan fingerprint density at radius 3 is 3.14 bits per heavy atom. The van der Waals surface area contributed by atoms with E-state index in [-0.39, 0.29) is 0 Å². The van der Waals surface area contributed by atoms with E-state index in [2.05, 4.69) is 26.3 Å². The van der Waals surface area contributed by atoms with Crippen LogP contribution in [0.3, 0.4) is 0 Å². The molecule has 0 amide bonds. The number of benzene rings is 1. The number of nitrogens with one attached hydrogen (secondary N) is 1. The Kier molecular flexibility index (Phi) is 4.75. The lowest BCUT2D eigenvalue weighted by Gasteiger charge is -2.17. The van der Waals surface area contributed by atoms with Crippen LogP contribution in [0, 0.1) is 0 Å². The maximum Gasteiger partial charge on any atom is 0.226 e. The molecule has 1 fully saturated rings. The van der Waals surface area contributed by atoms with Gasteiger partial charge in [-0.25, -0.2) is 4.98 Å². The first-order valence-electron chi connectivity index (χ1n) is 7.33. The van der Waals surface area contributed by atoms with Crippen LogP contribution < -0.4 is 10.1 Å². The molecule has 0 spiro atoms. The summed E-state index contributed by atoms with van der Waals surface area (Å²) in [6, 6.07) is 10.1. The molecule has 1 N–H and O–H groups in total. The van der Waals surface area contributed by atoms with Crippen molar-refractivity contribution in [1.29, 1.82) is 0 Å². The second-order valence-corrected chi connectivity index (χ2v) is 5.85. The Morgan fingerprint density at radius 2 is 2.32 bits per heavy atom. The highest BCUT2D eigenvalue weighted by Gasteiger charge is 2.23. The fraction of sp³-hybridized carbons (Fsp3) is 0.375. The molecule has 6 heteroatoms. The summed E-state index contributed by atoms with van der Waals surface area (Å²) in [5.41, 5.74) is 1.24. The van der Waals surface area contributed by atoms with Crippen molar-refractivity contribution in [3.8, 4) is 5.88 Å². The minimum atomic E-state index is 0.353. The van der Waals surface area contributed by atoms with Gasteiger partial charge < -0.3 is 10.1 Å². The molecule has 1 saturated heterocycles. The Labute approximate surface area is 135 Å². The van der Waals surface area contributed by atoms with Crippen LogP contribution in [0.4, 0.5) is 5.95 Å². The van der Waals surface area contributed by atoms with Crippen molar-refractivity contribution in [2.24, 2.45) is 0 Å². The smallest absolute Gasteiger partial charge is 0.226 e. The summed E-state index contributed by atoms with van der Waals surface area (Å²) in [6.07, 6.45) is 2.77. The molecule has 1 aromatic carbocycles. The van der Waals surface area contributed by atoms with E-state index in [1.54, 1.807) is 19.4 Å². The molecule has 1 atom stereocenters. The number of ether oxygens (including phenoxy) is 1. The van der Waals surface area contributed by atoms with Gasteiger partial charge >= 0.3 is 0 Å². The van der Waals surface area contributed by atoms with Crippen LogP contribution in [0.5, 0.6) is 5.88 Å². The van der Waals surface area contributed by atoms with Crippen molar-refractivity contribution in [2.45, 2.75) is 19.0 Å². The summed E-state index contributed by atoms with van der Waals surface area (Å²) in [7, 11) is 1.61. The molecule has 2 heterocycles. The number of hydrogen-bond donors (Lipinski definition) is 1. The maximum atomic E-state index is 6.04. The summed E-state index contributed by atoms with van der Waals surface area (Å²) >= 11 is 6.04. The quantitative estimate of drug-likeness (QED) is 0.918. The highest BCUT2D eigenvalue weighted by Crippen LogP contribution is 2.18. The van der Waals surface area contributed by atoms with E-state index >= 15 is 0 Å². The van der Waals surface area contributed by atoms with Crippen molar-refractivity contribution in [3.05, 3.63) is 47.1 Å². The molecule has 1 unspecified atom stereocenters. The lowest BCUT2D eigenvalue weighted by Crippen LogP contribution is -2.26. The van der Waals surface area contributed by atoms with E-state index < -0.39 is 0 Å². The van der Waals surface area contributed by atoms with Crippen molar-refractivity contribution in [3.63, 3.8) is 0 Å². The maximum absolute atomic E-state index is 6.04. The highest BCUT2D eigenvalue weighted by atomic mass is 35.5. The molecular weight excluding hydrogens is 300 g/mol. The van der Waals surface area contributed by atoms with Gasteiger partial charge in [0.2, 0.25) is 11.8 Å². The van der Waals surface area contributed by atoms with Crippen molar-refractivity contribution < 1.29 is 4.74 Å². The summed E-state index contributed by atoms with van der Waals surface area (Å²) < 4.78 is 5.12. The first-order chi connectivity index (χ1) is 10.7. The van der Waals surface area contributed by atoms with Gasteiger partial charge in [0.05, 0.1) is 7.11 Å². The molecule has 3 rings (SSSR count). The monoisotopic (exact) mass is 318 g/mol. The normalized spacial score (nSPS) is 18.4. The van der Waals surface area contributed by atoms with Crippen LogP contribution in [0.2, 0.25) is 5.02 Å². The van der Waals surface area contributed by atoms with E-state index in [0.29, 0.717) is 17.9 Å². The predicted molar refractivity (Wildman–Crippen MR) is 87.3 cm³/mol. The zero-order valence-corrected chi connectivity index (χ0v) is 13.3. The fourth-order valence-corrected chi connectivity index (χ4v) is 2.91. The number of halogens is 1. The van der Waals surface area contributed by atoms with Gasteiger partial charge in [-0.05, 0) is 24.1 Å². The number of nitrogens with zero attached hydrogens (tertiary/aromatic N) is 3. The number of hydrogen-bond acceptors (Lipinski definition) is 5. The third-order valence-corrected chi connectivity index (χ3v) is 3.98. The molecule has 1 aliphatic heterocycles. The zero-order chi connectivity index (χ0) is 15.4. The third-order valence-electron chi connectivity index (χ3n) is 3.74. The van der Waals surface area contributed by atoms with Gasteiger partial charge in [-0.2, -0.15) is 4.98 Å². The summed E-state index contributed by atoms with van der Waals surface area (Å²) in [6.45, 7) is 2.93. The third kappa shape index (κ3) is 3.87. The van der Waals surface area contributed by atoms with Crippen LogP contribution >= 0.6 is 11.6 Å². The van der Waals surface area contributed by atoms with Crippen LogP contribution in [-0.4, -0.2) is 41.1 Å². The lowest BCUT2D eigenvalue weighted by atomic mass is 10.2. The Morgan fingerprint density at radius 1 is 1.41 bits per heavy atom. The van der Waals surface area contributed by atoms with E-state index in [0.717, 1.165) is 31.1 Å². The summed E-state index contributed by atoms with van der Waals surface area (Å²) in [4.78, 5) is 10.9. The number of methoxy groups -OCH3 is 1. The van der Waals surface area contributed by atoms with E-state index in [4.69, 9.17) is 16.3 Å². The van der Waals surface area contributed by atoms with Crippen LogP contribution in [0.15, 0.2) is 36.5 Å². The standard InChI is InChI=1S/C16H19ClN4O/c1-22-15-5-7-18-16(20-15)19-14-6-8-21(11-14)10-12-3-2-4-13(17)9-12/h2-5,7,9,14H,6,8,10-11H2,1H3,(H,18,19,20). The zero-order valence-electron chi connectivity index (χ0n) is 12.5. The molecule has 116 valence electrons. The molecule has 2 aromatic rings. The largest absolute Gasteiger partial charge is 0.481 e. The van der Waals surface area contributed by atoms with E-state index in [1.165, 1.54) is 5.56 Å². The Balaban J connectivity index is 1.55. The number of likely N-dealkylation sites (tertiary alicyclic amines) is 1. The minimum absolute atomic E-state index is 0.353. The molecule has 22 heavy (non-hydrogen) atoms. The molecule has 5 nitrogen and oxygen atoms in total. The number of aromatic nitrogens is 2. The Hall–Kier alpha value is -1.85. The average Bonchev–Trinajstić information content (AvgIpc) is 2.94. The van der Waals surface area contributed by atoms with Crippen molar-refractivity contribution >= 4 is 17.5 Å². The molecule has 0 radical (unpaired) electrons. The lowest BCUT2D eigenvalue weighted by molar-refractivity contribution is 0.328. The van der Waals surface area contributed by atoms with E-state index in [1.807, 2.05) is 18.2 Å². The van der Waals surface area contributed by atoms with Gasteiger partial charge in [-0.3, -0.25) is 4.90 Å². The van der Waals surface area contributed by atoms with Crippen molar-refractivity contribution in [1.82, 2.24) is 14.9 Å². The van der Waals surface area contributed by atoms with Crippen LogP contribution in [0.1, 0.15) is 12.0 Å². The molecule has 0 aliphatic carbocycles. The summed E-state index contributed by atoms with van der Waals surface area (Å²) in [5.74, 6) is 1.19. The Bertz CT molecular complexity index is 637. The van der Waals surface area contributed by atoms with Gasteiger partial charge in [-0.15, -0.1) is 0 Å². The first kappa shape index (κ1) is 15.1. The van der Waals surface area contributed by atoms with Crippen LogP contribution in [0.25, 0.3) is 0 Å². The first-order valence-corrected chi connectivity index (χ1v) is 7.71. The fourth-order valence-electron chi connectivity index (χ4n) is 2.70. The van der Waals surface area contributed by atoms with Gasteiger partial charge in [0.15, 0.2) is 0 Å². The number of anilines is 1. The molecule has 0 saturated carbocycles. The molecule has 0 bridgehead atoms. The SMILES string of the molecule is COc1ccnc(NC2CCN(Cc3cccc(Cl)c3)C2)n1. The average molecular weight is 319 g/mol. The highest BCUT2D eigenvalue weighted by molar-refractivity contribution is 6.30. The minimum Gasteiger partial charge on any atom is -0.481 e. The van der Waals surface area contributed by atoms with Gasteiger partial charge in [0, 0.05) is 43.0 Å². The van der Waals surface area contributed by atoms with E-state index in [9.17, 15) is 0 Å². The van der Waals surface area contributed by atoms with Crippen LogP contribution in [-0.2, 0) is 6.54 Å². The second-order valence-electron chi connectivity index (χ2n) is 5.42. The second kappa shape index (κ2) is 6.94. The van der Waals surface area contributed by atoms with Gasteiger partial charge in [0.1, 0.15) is 0 Å². The predicted octanol–water partition coefficient (Wildman–Crippen LogP) is 2.83. The van der Waals surface area contributed by atoms with Crippen molar-refractivity contribution in [2.75, 3.05) is 25.5 Å². The topological polar surface area (TPSA) is 50.3 Å². The molecule has 1 aliphatic rings. The van der Waals surface area contributed by atoms with Gasteiger partial charge in [0.25, 0.3) is 0 Å².